The minimum Gasteiger partial charge on any atom is -0.269 e. The Kier molecular flexibility index (Phi) is 5.61. The van der Waals surface area contributed by atoms with Gasteiger partial charge in [0.15, 0.2) is 0 Å². The van der Waals surface area contributed by atoms with Crippen molar-refractivity contribution in [2.24, 2.45) is 0 Å². The lowest BCUT2D eigenvalue weighted by atomic mass is 10.2. The first-order chi connectivity index (χ1) is 8.79. The molecule has 1 rings (SSSR count). The van der Waals surface area contributed by atoms with Gasteiger partial charge in [0.25, 0.3) is 5.91 Å². The second-order valence-electron chi connectivity index (χ2n) is 5.06. The molecule has 0 aromatic heterocycles. The average Bonchev–Trinajstić information content (AvgIpc) is 2.31. The summed E-state index contributed by atoms with van der Waals surface area (Å²) in [7, 11) is -1.72. The van der Waals surface area contributed by atoms with E-state index in [2.05, 4.69) is 31.7 Å². The van der Waals surface area contributed by atoms with Crippen molar-refractivity contribution in [2.45, 2.75) is 19.6 Å². The zero-order valence-electron chi connectivity index (χ0n) is 11.2. The molecule has 0 saturated carbocycles. The molecule has 0 saturated heterocycles. The Morgan fingerprint density at radius 3 is 2.58 bits per heavy atom. The van der Waals surface area contributed by atoms with Crippen molar-refractivity contribution in [2.75, 3.05) is 6.61 Å². The van der Waals surface area contributed by atoms with Crippen LogP contribution in [0.25, 0.3) is 0 Å². The standard InChI is InChI=1S/C13H17Cl2NO2Si/c1-5-8-18-16-13(17)11-10(19(2,3)4)7-6-9(14)12(11)15/h5-7H,1,8H2,2-4H3,(H,16,17). The second kappa shape index (κ2) is 6.57. The fourth-order valence-electron chi connectivity index (χ4n) is 1.61. The van der Waals surface area contributed by atoms with Gasteiger partial charge >= 0.3 is 0 Å². The van der Waals surface area contributed by atoms with Crippen molar-refractivity contribution in [1.82, 2.24) is 5.48 Å². The Morgan fingerprint density at radius 2 is 2.05 bits per heavy atom. The van der Waals surface area contributed by atoms with Crippen molar-refractivity contribution in [1.29, 1.82) is 0 Å². The third kappa shape index (κ3) is 4.08. The molecule has 0 radical (unpaired) electrons. The van der Waals surface area contributed by atoms with Gasteiger partial charge in [0, 0.05) is 0 Å². The maximum atomic E-state index is 12.2. The molecule has 3 nitrogen and oxygen atoms in total. The number of benzene rings is 1. The second-order valence-corrected chi connectivity index (χ2v) is 10.9. The van der Waals surface area contributed by atoms with Crippen LogP contribution in [0.15, 0.2) is 24.8 Å². The highest BCUT2D eigenvalue weighted by Gasteiger charge is 2.26. The number of hydroxylamine groups is 1. The number of carbonyl (C=O) groups is 1. The SMILES string of the molecule is C=CCONC(=O)c1c([Si](C)(C)C)ccc(Cl)c1Cl. The molecule has 0 aliphatic carbocycles. The lowest BCUT2D eigenvalue weighted by Gasteiger charge is -2.21. The fraction of sp³-hybridized carbons (Fsp3) is 0.308. The average molecular weight is 318 g/mol. The Hall–Kier alpha value is -0.813. The number of hydrogen-bond acceptors (Lipinski definition) is 2. The number of carbonyl (C=O) groups excluding carboxylic acids is 1. The molecule has 0 spiro atoms. The maximum absolute atomic E-state index is 12.2. The minimum atomic E-state index is -1.72. The number of hydrogen-bond donors (Lipinski definition) is 1. The Morgan fingerprint density at radius 1 is 1.42 bits per heavy atom. The smallest absolute Gasteiger partial charge is 0.269 e. The molecule has 0 unspecified atom stereocenters. The Bertz CT molecular complexity index is 498. The summed E-state index contributed by atoms with van der Waals surface area (Å²) in [5, 5.41) is 1.57. The summed E-state index contributed by atoms with van der Waals surface area (Å²) in [5.41, 5.74) is 2.75. The number of halogens is 2. The highest BCUT2D eigenvalue weighted by Crippen LogP contribution is 2.26. The molecule has 1 amide bonds. The van der Waals surface area contributed by atoms with Gasteiger partial charge in [-0.2, -0.15) is 0 Å². The molecule has 0 atom stereocenters. The van der Waals surface area contributed by atoms with Crippen LogP contribution in [0, 0.1) is 0 Å². The predicted octanol–water partition coefficient (Wildman–Crippen LogP) is 3.39. The molecular formula is C13H17Cl2NO2Si. The van der Waals surface area contributed by atoms with Crippen molar-refractivity contribution in [3.8, 4) is 0 Å². The maximum Gasteiger partial charge on any atom is 0.276 e. The monoisotopic (exact) mass is 317 g/mol. The molecule has 0 bridgehead atoms. The summed E-state index contributed by atoms with van der Waals surface area (Å²) >= 11 is 12.2. The quantitative estimate of drug-likeness (QED) is 0.391. The molecule has 1 aromatic rings. The molecule has 0 heterocycles. The fourth-order valence-corrected chi connectivity index (χ4v) is 3.67. The minimum absolute atomic E-state index is 0.228. The van der Waals surface area contributed by atoms with Crippen LogP contribution in [0.5, 0.6) is 0 Å². The first kappa shape index (κ1) is 16.2. The topological polar surface area (TPSA) is 38.3 Å². The van der Waals surface area contributed by atoms with E-state index in [0.29, 0.717) is 10.6 Å². The first-order valence-electron chi connectivity index (χ1n) is 5.80. The summed E-state index contributed by atoms with van der Waals surface area (Å²) in [6, 6.07) is 3.59. The van der Waals surface area contributed by atoms with E-state index in [0.717, 1.165) is 5.19 Å². The first-order valence-corrected chi connectivity index (χ1v) is 10.1. The van der Waals surface area contributed by atoms with E-state index >= 15 is 0 Å². The zero-order valence-corrected chi connectivity index (χ0v) is 13.7. The van der Waals surface area contributed by atoms with Gasteiger partial charge < -0.3 is 0 Å². The molecule has 0 fully saturated rings. The molecule has 0 aliphatic rings. The van der Waals surface area contributed by atoms with Crippen LogP contribution in [0.1, 0.15) is 10.4 Å². The van der Waals surface area contributed by atoms with E-state index in [1.54, 1.807) is 12.1 Å². The zero-order chi connectivity index (χ0) is 14.6. The Labute approximate surface area is 124 Å². The van der Waals surface area contributed by atoms with Gasteiger partial charge in [-0.3, -0.25) is 9.63 Å². The van der Waals surface area contributed by atoms with E-state index in [4.69, 9.17) is 28.0 Å². The third-order valence-corrected chi connectivity index (χ3v) is 5.33. The molecule has 1 aromatic carbocycles. The third-order valence-electron chi connectivity index (χ3n) is 2.50. The molecular weight excluding hydrogens is 301 g/mol. The largest absolute Gasteiger partial charge is 0.276 e. The van der Waals surface area contributed by atoms with Gasteiger partial charge in [0.1, 0.15) is 0 Å². The van der Waals surface area contributed by atoms with E-state index in [1.807, 2.05) is 6.07 Å². The van der Waals surface area contributed by atoms with Gasteiger partial charge in [-0.15, -0.1) is 6.58 Å². The molecule has 6 heteroatoms. The lowest BCUT2D eigenvalue weighted by molar-refractivity contribution is 0.0423. The van der Waals surface area contributed by atoms with Crippen molar-refractivity contribution >= 4 is 42.4 Å². The normalized spacial score (nSPS) is 11.2. The van der Waals surface area contributed by atoms with Crippen LogP contribution >= 0.6 is 23.2 Å². The van der Waals surface area contributed by atoms with E-state index in [9.17, 15) is 4.79 Å². The van der Waals surface area contributed by atoms with Crippen LogP contribution in [0.4, 0.5) is 0 Å². The number of rotatable bonds is 5. The summed E-state index contributed by atoms with van der Waals surface area (Å²) in [6.07, 6.45) is 1.54. The highest BCUT2D eigenvalue weighted by molar-refractivity contribution is 6.89. The summed E-state index contributed by atoms with van der Waals surface area (Å²) in [6.45, 7) is 10.1. The van der Waals surface area contributed by atoms with Crippen molar-refractivity contribution < 1.29 is 9.63 Å². The van der Waals surface area contributed by atoms with Crippen molar-refractivity contribution in [3.05, 3.63) is 40.4 Å². The predicted molar refractivity (Wildman–Crippen MR) is 83.1 cm³/mol. The van der Waals surface area contributed by atoms with Crippen LogP contribution in [0.2, 0.25) is 29.7 Å². The van der Waals surface area contributed by atoms with E-state index < -0.39 is 8.07 Å². The van der Waals surface area contributed by atoms with E-state index in [1.165, 1.54) is 0 Å². The lowest BCUT2D eigenvalue weighted by Crippen LogP contribution is -2.43. The van der Waals surface area contributed by atoms with Crippen LogP contribution in [-0.4, -0.2) is 20.6 Å². The molecule has 0 aliphatic heterocycles. The number of nitrogens with one attached hydrogen (secondary N) is 1. The van der Waals surface area contributed by atoms with Gasteiger partial charge in [-0.1, -0.05) is 55.0 Å². The van der Waals surface area contributed by atoms with Crippen molar-refractivity contribution in [3.63, 3.8) is 0 Å². The van der Waals surface area contributed by atoms with Crippen LogP contribution in [0.3, 0.4) is 0 Å². The highest BCUT2D eigenvalue weighted by atomic mass is 35.5. The van der Waals surface area contributed by atoms with Gasteiger partial charge in [0.05, 0.1) is 30.3 Å². The molecule has 104 valence electrons. The van der Waals surface area contributed by atoms with Gasteiger partial charge in [-0.25, -0.2) is 5.48 Å². The summed E-state index contributed by atoms with van der Waals surface area (Å²) in [5.74, 6) is -0.383. The summed E-state index contributed by atoms with van der Waals surface area (Å²) in [4.78, 5) is 17.1. The van der Waals surface area contributed by atoms with E-state index in [-0.39, 0.29) is 17.5 Å². The Balaban J connectivity index is 3.19. The van der Waals surface area contributed by atoms with Gasteiger partial charge in [0.2, 0.25) is 0 Å². The molecule has 19 heavy (non-hydrogen) atoms. The van der Waals surface area contributed by atoms with Gasteiger partial charge in [-0.05, 0) is 11.3 Å². The van der Waals surface area contributed by atoms with Crippen LogP contribution < -0.4 is 10.7 Å². The summed E-state index contributed by atoms with van der Waals surface area (Å²) < 4.78 is 0. The number of amides is 1. The van der Waals surface area contributed by atoms with Crippen LogP contribution in [-0.2, 0) is 4.84 Å². The molecule has 1 N–H and O–H groups in total.